The summed E-state index contributed by atoms with van der Waals surface area (Å²) < 4.78 is 6.44. The molecule has 0 radical (unpaired) electrons. The molecule has 152 valence electrons. The lowest BCUT2D eigenvalue weighted by Crippen LogP contribution is -2.44. The highest BCUT2D eigenvalue weighted by molar-refractivity contribution is 5.94. The molecule has 1 aromatic carbocycles. The molecule has 2 aromatic rings. The molecular weight excluding hydrogens is 362 g/mol. The molecular formula is C24H29N3O2. The number of amides is 1. The second kappa shape index (κ2) is 8.89. The first-order chi connectivity index (χ1) is 14.2. The number of rotatable bonds is 6. The summed E-state index contributed by atoms with van der Waals surface area (Å²) in [6, 6.07) is 11.6. The van der Waals surface area contributed by atoms with Gasteiger partial charge in [0.05, 0.1) is 11.7 Å². The molecule has 1 spiro atoms. The molecule has 0 saturated carbocycles. The number of pyridine rings is 1. The molecule has 29 heavy (non-hydrogen) atoms. The number of piperidine rings is 1. The smallest absolute Gasteiger partial charge is 0.251 e. The molecule has 0 aliphatic carbocycles. The minimum atomic E-state index is -0.0450. The van der Waals surface area contributed by atoms with Crippen molar-refractivity contribution in [2.75, 3.05) is 19.6 Å². The van der Waals surface area contributed by atoms with Gasteiger partial charge >= 0.3 is 0 Å². The van der Waals surface area contributed by atoms with Crippen molar-refractivity contribution in [2.45, 2.75) is 43.9 Å². The van der Waals surface area contributed by atoms with E-state index in [0.717, 1.165) is 50.9 Å². The highest BCUT2D eigenvalue weighted by Crippen LogP contribution is 2.39. The summed E-state index contributed by atoms with van der Waals surface area (Å²) in [4.78, 5) is 19.1. The lowest BCUT2D eigenvalue weighted by Gasteiger charge is -2.39. The van der Waals surface area contributed by atoms with Crippen LogP contribution < -0.4 is 5.32 Å². The largest absolute Gasteiger partial charge is 0.370 e. The van der Waals surface area contributed by atoms with Gasteiger partial charge in [-0.05, 0) is 55.0 Å². The number of hydrogen-bond acceptors (Lipinski definition) is 4. The van der Waals surface area contributed by atoms with E-state index in [2.05, 4.69) is 27.8 Å². The first-order valence-electron chi connectivity index (χ1n) is 10.5. The number of carbonyl (C=O) groups excluding carboxylic acids is 1. The Bertz CT molecular complexity index is 827. The van der Waals surface area contributed by atoms with Crippen molar-refractivity contribution >= 4 is 12.0 Å². The second-order valence-corrected chi connectivity index (χ2v) is 8.14. The van der Waals surface area contributed by atoms with Gasteiger partial charge in [-0.1, -0.05) is 30.9 Å². The predicted octanol–water partition coefficient (Wildman–Crippen LogP) is 3.67. The molecule has 0 bridgehead atoms. The van der Waals surface area contributed by atoms with Gasteiger partial charge in [-0.2, -0.15) is 0 Å². The summed E-state index contributed by atoms with van der Waals surface area (Å²) >= 11 is 0. The summed E-state index contributed by atoms with van der Waals surface area (Å²) in [6.07, 6.45) is 9.85. The highest BCUT2D eigenvalue weighted by Gasteiger charge is 2.42. The van der Waals surface area contributed by atoms with E-state index >= 15 is 0 Å². The molecule has 1 N–H and O–H groups in total. The first-order valence-corrected chi connectivity index (χ1v) is 10.5. The zero-order valence-corrected chi connectivity index (χ0v) is 16.8. The van der Waals surface area contributed by atoms with Crippen LogP contribution in [0.1, 0.15) is 47.2 Å². The number of carbonyl (C=O) groups is 1. The summed E-state index contributed by atoms with van der Waals surface area (Å²) in [5.41, 5.74) is 2.94. The van der Waals surface area contributed by atoms with Gasteiger partial charge in [0, 0.05) is 44.1 Å². The average Bonchev–Trinajstić information content (AvgIpc) is 3.17. The van der Waals surface area contributed by atoms with Crippen LogP contribution in [0.5, 0.6) is 0 Å². The first kappa shape index (κ1) is 19.8. The molecule has 1 aromatic heterocycles. The van der Waals surface area contributed by atoms with Gasteiger partial charge in [-0.25, -0.2) is 0 Å². The molecule has 2 aliphatic rings. The molecule has 4 rings (SSSR count). The number of nitrogens with zero attached hydrogens (tertiary/aromatic N) is 2. The number of nitrogens with one attached hydrogen (secondary N) is 1. The van der Waals surface area contributed by atoms with Crippen molar-refractivity contribution in [3.8, 4) is 0 Å². The normalized spacial score (nSPS) is 21.2. The third-order valence-electron chi connectivity index (χ3n) is 6.13. The molecule has 3 heterocycles. The van der Waals surface area contributed by atoms with Crippen LogP contribution >= 0.6 is 0 Å². The average molecular weight is 392 g/mol. The van der Waals surface area contributed by atoms with E-state index in [1.807, 2.05) is 42.7 Å². The Hall–Kier alpha value is -2.50. The Morgan fingerprint density at radius 3 is 2.72 bits per heavy atom. The molecule has 1 atom stereocenters. The number of benzene rings is 1. The van der Waals surface area contributed by atoms with Gasteiger partial charge in [-0.15, -0.1) is 0 Å². The quantitative estimate of drug-likeness (QED) is 0.816. The summed E-state index contributed by atoms with van der Waals surface area (Å²) in [7, 11) is 0. The maximum absolute atomic E-state index is 12.4. The van der Waals surface area contributed by atoms with E-state index in [4.69, 9.17) is 4.74 Å². The predicted molar refractivity (Wildman–Crippen MR) is 114 cm³/mol. The van der Waals surface area contributed by atoms with E-state index in [0.29, 0.717) is 12.1 Å². The second-order valence-electron chi connectivity index (χ2n) is 8.14. The van der Waals surface area contributed by atoms with Gasteiger partial charge in [-0.3, -0.25) is 14.7 Å². The van der Waals surface area contributed by atoms with Gasteiger partial charge in [0.25, 0.3) is 5.91 Å². The van der Waals surface area contributed by atoms with Gasteiger partial charge in [0.2, 0.25) is 0 Å². The summed E-state index contributed by atoms with van der Waals surface area (Å²) in [5.74, 6) is -0.0450. The van der Waals surface area contributed by atoms with E-state index in [1.54, 1.807) is 6.08 Å². The molecule has 2 saturated heterocycles. The van der Waals surface area contributed by atoms with Crippen molar-refractivity contribution in [3.05, 3.63) is 72.1 Å². The molecule has 1 amide bonds. The highest BCUT2D eigenvalue weighted by atomic mass is 16.5. The fraction of sp³-hybridized carbons (Fsp3) is 0.417. The summed E-state index contributed by atoms with van der Waals surface area (Å²) in [6.45, 7) is 7.35. The number of aromatic nitrogens is 1. The fourth-order valence-electron chi connectivity index (χ4n) is 4.35. The van der Waals surface area contributed by atoms with Crippen molar-refractivity contribution in [1.29, 1.82) is 0 Å². The van der Waals surface area contributed by atoms with Crippen LogP contribution in [0.25, 0.3) is 6.08 Å². The van der Waals surface area contributed by atoms with Crippen LogP contribution in [0.3, 0.4) is 0 Å². The van der Waals surface area contributed by atoms with Gasteiger partial charge < -0.3 is 10.1 Å². The van der Waals surface area contributed by atoms with E-state index in [9.17, 15) is 4.79 Å². The number of likely N-dealkylation sites (tertiary alicyclic amines) is 1. The molecule has 5 heteroatoms. The zero-order chi connectivity index (χ0) is 20.1. The van der Waals surface area contributed by atoms with Crippen LogP contribution in [0.2, 0.25) is 0 Å². The number of hydrogen-bond donors (Lipinski definition) is 1. The number of ether oxygens (including phenoxy) is 1. The monoisotopic (exact) mass is 391 g/mol. The Labute approximate surface area is 172 Å². The van der Waals surface area contributed by atoms with E-state index in [1.165, 1.54) is 5.56 Å². The van der Waals surface area contributed by atoms with Gasteiger partial charge in [0.15, 0.2) is 0 Å². The standard InChI is InChI=1S/C24H29N3O2/c1-2-19-5-7-21(8-6-19)23(28)26-17-22-9-10-24(29-22)11-14-27(15-12-24)18-20-4-3-13-25-16-20/h2-8,13,16,22H,1,9-12,14-15,17-18H2,(H,26,28). The van der Waals surface area contributed by atoms with Crippen LogP contribution in [0, 0.1) is 0 Å². The molecule has 2 aliphatic heterocycles. The minimum Gasteiger partial charge on any atom is -0.370 e. The van der Waals surface area contributed by atoms with E-state index in [-0.39, 0.29) is 17.6 Å². The third-order valence-corrected chi connectivity index (χ3v) is 6.13. The Morgan fingerprint density at radius 2 is 2.03 bits per heavy atom. The van der Waals surface area contributed by atoms with Crippen molar-refractivity contribution in [1.82, 2.24) is 15.2 Å². The topological polar surface area (TPSA) is 54.5 Å². The van der Waals surface area contributed by atoms with E-state index < -0.39 is 0 Å². The van der Waals surface area contributed by atoms with Crippen molar-refractivity contribution in [2.24, 2.45) is 0 Å². The SMILES string of the molecule is C=Cc1ccc(C(=O)NCC2CCC3(CCN(Cc4cccnc4)CC3)O2)cc1. The summed E-state index contributed by atoms with van der Waals surface area (Å²) in [5, 5.41) is 3.03. The van der Waals surface area contributed by atoms with Crippen LogP contribution in [0.15, 0.2) is 55.4 Å². The Balaban J connectivity index is 1.23. The maximum Gasteiger partial charge on any atom is 0.251 e. The Kier molecular flexibility index (Phi) is 6.07. The molecule has 1 unspecified atom stereocenters. The molecule has 5 nitrogen and oxygen atoms in total. The van der Waals surface area contributed by atoms with Crippen molar-refractivity contribution < 1.29 is 9.53 Å². The van der Waals surface area contributed by atoms with Crippen LogP contribution in [0.4, 0.5) is 0 Å². The van der Waals surface area contributed by atoms with Crippen LogP contribution in [-0.4, -0.2) is 47.1 Å². The fourth-order valence-corrected chi connectivity index (χ4v) is 4.35. The minimum absolute atomic E-state index is 0.00750. The third kappa shape index (κ3) is 4.92. The lowest BCUT2D eigenvalue weighted by molar-refractivity contribution is -0.0764. The van der Waals surface area contributed by atoms with Gasteiger partial charge in [0.1, 0.15) is 0 Å². The maximum atomic E-state index is 12.4. The lowest BCUT2D eigenvalue weighted by atomic mass is 9.88. The molecule has 2 fully saturated rings. The van der Waals surface area contributed by atoms with Crippen molar-refractivity contribution in [3.63, 3.8) is 0 Å². The Morgan fingerprint density at radius 1 is 1.24 bits per heavy atom. The zero-order valence-electron chi connectivity index (χ0n) is 16.8. The van der Waals surface area contributed by atoms with Crippen LogP contribution in [-0.2, 0) is 11.3 Å².